The van der Waals surface area contributed by atoms with Gasteiger partial charge in [0.25, 0.3) is 0 Å². The number of aryl methyl sites for hydroxylation is 1. The van der Waals surface area contributed by atoms with Crippen LogP contribution in [0, 0.1) is 6.92 Å². The molecule has 0 radical (unpaired) electrons. The Labute approximate surface area is 76.8 Å². The predicted octanol–water partition coefficient (Wildman–Crippen LogP) is 1.97. The Balaban J connectivity index is 2.49. The lowest BCUT2D eigenvalue weighted by atomic mass is 10.1. The third kappa shape index (κ3) is 1.47. The summed E-state index contributed by atoms with van der Waals surface area (Å²) < 4.78 is 5.38. The Morgan fingerprint density at radius 2 is 2.31 bits per heavy atom. The maximum absolute atomic E-state index is 10.5. The number of hydrogen-bond acceptors (Lipinski definition) is 2. The molecule has 1 aliphatic heterocycles. The van der Waals surface area contributed by atoms with E-state index < -0.39 is 0 Å². The molecule has 66 valence electrons. The fraction of sp³-hybridized carbons (Fsp3) is 0.182. The zero-order chi connectivity index (χ0) is 9.26. The van der Waals surface area contributed by atoms with Gasteiger partial charge in [0.1, 0.15) is 18.6 Å². The number of fused-ring (bicyclic) bond motifs is 1. The summed E-state index contributed by atoms with van der Waals surface area (Å²) in [4.78, 5) is 10.5. The molecule has 0 saturated heterocycles. The Hall–Kier alpha value is -1.57. The quantitative estimate of drug-likeness (QED) is 0.608. The molecule has 0 atom stereocenters. The van der Waals surface area contributed by atoms with Crippen molar-refractivity contribution < 1.29 is 9.53 Å². The minimum absolute atomic E-state index is 0.388. The van der Waals surface area contributed by atoms with Crippen LogP contribution in [0.25, 0.3) is 6.08 Å². The first-order valence-electron chi connectivity index (χ1n) is 4.19. The molecule has 0 bridgehead atoms. The van der Waals surface area contributed by atoms with Crippen LogP contribution in [0.1, 0.15) is 11.1 Å². The van der Waals surface area contributed by atoms with Gasteiger partial charge in [0.05, 0.1) is 0 Å². The molecule has 1 aliphatic rings. The van der Waals surface area contributed by atoms with Crippen molar-refractivity contribution in [1.29, 1.82) is 0 Å². The number of carbonyl (C=O) groups excluding carboxylic acids is 1. The first-order chi connectivity index (χ1) is 6.29. The van der Waals surface area contributed by atoms with Crippen LogP contribution in [0.5, 0.6) is 5.75 Å². The zero-order valence-corrected chi connectivity index (χ0v) is 7.41. The monoisotopic (exact) mass is 174 g/mol. The van der Waals surface area contributed by atoms with Crippen molar-refractivity contribution in [2.24, 2.45) is 0 Å². The number of benzene rings is 1. The predicted molar refractivity (Wildman–Crippen MR) is 50.7 cm³/mol. The van der Waals surface area contributed by atoms with Crippen LogP contribution in [0.15, 0.2) is 23.8 Å². The molecule has 2 heteroatoms. The highest BCUT2D eigenvalue weighted by Gasteiger charge is 2.09. The number of hydrogen-bond donors (Lipinski definition) is 0. The highest BCUT2D eigenvalue weighted by Crippen LogP contribution is 2.26. The van der Waals surface area contributed by atoms with E-state index in [4.69, 9.17) is 4.74 Å². The van der Waals surface area contributed by atoms with E-state index in [1.165, 1.54) is 5.56 Å². The van der Waals surface area contributed by atoms with Crippen LogP contribution in [-0.2, 0) is 4.79 Å². The van der Waals surface area contributed by atoms with Crippen molar-refractivity contribution in [3.05, 3.63) is 34.9 Å². The van der Waals surface area contributed by atoms with Crippen LogP contribution in [0.2, 0.25) is 0 Å². The maximum atomic E-state index is 10.5. The van der Waals surface area contributed by atoms with Gasteiger partial charge >= 0.3 is 0 Å². The number of carbonyl (C=O) groups is 1. The standard InChI is InChI=1S/C11H10O2/c1-8-2-3-11-10(4-8)5-9(6-12)7-13-11/h2-6H,7H2,1H3. The fourth-order valence-corrected chi connectivity index (χ4v) is 1.38. The average molecular weight is 174 g/mol. The highest BCUT2D eigenvalue weighted by molar-refractivity contribution is 5.84. The van der Waals surface area contributed by atoms with Crippen molar-refractivity contribution >= 4 is 12.4 Å². The SMILES string of the molecule is Cc1ccc2c(c1)C=C(C=O)CO2. The van der Waals surface area contributed by atoms with E-state index in [0.717, 1.165) is 17.6 Å². The molecule has 2 nitrogen and oxygen atoms in total. The first kappa shape index (κ1) is 8.05. The van der Waals surface area contributed by atoms with Crippen molar-refractivity contribution in [3.63, 3.8) is 0 Å². The number of aldehydes is 1. The van der Waals surface area contributed by atoms with Gasteiger partial charge in [-0.2, -0.15) is 0 Å². The molecule has 13 heavy (non-hydrogen) atoms. The second-order valence-corrected chi connectivity index (χ2v) is 3.17. The largest absolute Gasteiger partial charge is 0.488 e. The maximum Gasteiger partial charge on any atom is 0.149 e. The van der Waals surface area contributed by atoms with Gasteiger partial charge in [-0.05, 0) is 25.1 Å². The summed E-state index contributed by atoms with van der Waals surface area (Å²) in [6.07, 6.45) is 2.71. The van der Waals surface area contributed by atoms with E-state index in [2.05, 4.69) is 0 Å². The summed E-state index contributed by atoms with van der Waals surface area (Å²) in [5.41, 5.74) is 2.86. The molecule has 0 unspecified atom stereocenters. The van der Waals surface area contributed by atoms with Gasteiger partial charge in [0.15, 0.2) is 0 Å². The van der Waals surface area contributed by atoms with Crippen molar-refractivity contribution in [2.75, 3.05) is 6.61 Å². The molecule has 0 aromatic heterocycles. The van der Waals surface area contributed by atoms with E-state index in [1.807, 2.05) is 31.2 Å². The first-order valence-corrected chi connectivity index (χ1v) is 4.19. The van der Waals surface area contributed by atoms with E-state index in [-0.39, 0.29) is 0 Å². The van der Waals surface area contributed by atoms with E-state index in [0.29, 0.717) is 12.2 Å². The van der Waals surface area contributed by atoms with Crippen molar-refractivity contribution in [2.45, 2.75) is 6.92 Å². The van der Waals surface area contributed by atoms with E-state index >= 15 is 0 Å². The molecule has 1 aromatic rings. The van der Waals surface area contributed by atoms with Gasteiger partial charge in [-0.25, -0.2) is 0 Å². The fourth-order valence-electron chi connectivity index (χ4n) is 1.38. The number of ether oxygens (including phenoxy) is 1. The van der Waals surface area contributed by atoms with Gasteiger partial charge < -0.3 is 4.74 Å². The normalized spacial score (nSPS) is 14.1. The van der Waals surface area contributed by atoms with Crippen molar-refractivity contribution in [3.8, 4) is 5.75 Å². The lowest BCUT2D eigenvalue weighted by molar-refractivity contribution is -0.105. The molecule has 0 saturated carbocycles. The van der Waals surface area contributed by atoms with Crippen LogP contribution < -0.4 is 4.74 Å². The summed E-state index contributed by atoms with van der Waals surface area (Å²) in [7, 11) is 0. The molecule has 1 aromatic carbocycles. The van der Waals surface area contributed by atoms with Crippen LogP contribution in [0.4, 0.5) is 0 Å². The molecule has 2 rings (SSSR count). The molecule has 1 heterocycles. The third-order valence-electron chi connectivity index (χ3n) is 2.05. The molecule has 0 N–H and O–H groups in total. The van der Waals surface area contributed by atoms with Crippen LogP contribution >= 0.6 is 0 Å². The third-order valence-corrected chi connectivity index (χ3v) is 2.05. The molecule has 0 aliphatic carbocycles. The van der Waals surface area contributed by atoms with Gasteiger partial charge in [-0.3, -0.25) is 4.79 Å². The van der Waals surface area contributed by atoms with Crippen LogP contribution in [-0.4, -0.2) is 12.9 Å². The van der Waals surface area contributed by atoms with Gasteiger partial charge in [-0.1, -0.05) is 11.6 Å². The van der Waals surface area contributed by atoms with E-state index in [1.54, 1.807) is 0 Å². The topological polar surface area (TPSA) is 26.3 Å². The second kappa shape index (κ2) is 3.05. The van der Waals surface area contributed by atoms with Gasteiger partial charge in [0.2, 0.25) is 0 Å². The van der Waals surface area contributed by atoms with Crippen LogP contribution in [0.3, 0.4) is 0 Å². The summed E-state index contributed by atoms with van der Waals surface area (Å²) >= 11 is 0. The summed E-state index contributed by atoms with van der Waals surface area (Å²) in [5.74, 6) is 0.858. The van der Waals surface area contributed by atoms with Crippen molar-refractivity contribution in [1.82, 2.24) is 0 Å². The molecular weight excluding hydrogens is 164 g/mol. The molecule has 0 spiro atoms. The Morgan fingerprint density at radius 3 is 3.08 bits per heavy atom. The molecule has 0 amide bonds. The van der Waals surface area contributed by atoms with Gasteiger partial charge in [-0.15, -0.1) is 0 Å². The minimum Gasteiger partial charge on any atom is -0.488 e. The summed E-state index contributed by atoms with van der Waals surface area (Å²) in [6.45, 7) is 2.41. The summed E-state index contributed by atoms with van der Waals surface area (Å²) in [5, 5.41) is 0. The summed E-state index contributed by atoms with van der Waals surface area (Å²) in [6, 6.07) is 5.94. The molecular formula is C11H10O2. The second-order valence-electron chi connectivity index (χ2n) is 3.17. The zero-order valence-electron chi connectivity index (χ0n) is 7.41. The lowest BCUT2D eigenvalue weighted by Gasteiger charge is -2.15. The lowest BCUT2D eigenvalue weighted by Crippen LogP contribution is -2.07. The van der Waals surface area contributed by atoms with Gasteiger partial charge in [0, 0.05) is 11.1 Å². The highest BCUT2D eigenvalue weighted by atomic mass is 16.5. The average Bonchev–Trinajstić information content (AvgIpc) is 2.16. The minimum atomic E-state index is 0.388. The van der Waals surface area contributed by atoms with E-state index in [9.17, 15) is 4.79 Å². The number of rotatable bonds is 1. The Kier molecular flexibility index (Phi) is 1.89. The smallest absolute Gasteiger partial charge is 0.149 e. The Morgan fingerprint density at radius 1 is 1.46 bits per heavy atom. The molecule has 0 fully saturated rings. The Bertz CT molecular complexity index is 378.